The Balaban J connectivity index is 1.59. The Labute approximate surface area is 164 Å². The molecule has 0 aliphatic heterocycles. The molecule has 27 heavy (non-hydrogen) atoms. The molecule has 3 rings (SSSR count). The van der Waals surface area contributed by atoms with E-state index in [1.54, 1.807) is 44.3 Å². The van der Waals surface area contributed by atoms with Crippen molar-refractivity contribution < 1.29 is 14.3 Å². The van der Waals surface area contributed by atoms with Gasteiger partial charge in [-0.05, 0) is 37.6 Å². The van der Waals surface area contributed by atoms with E-state index in [2.05, 4.69) is 20.4 Å². The quantitative estimate of drug-likeness (QED) is 0.652. The molecule has 0 unspecified atom stereocenters. The number of nitrogens with zero attached hydrogens (tertiary/aromatic N) is 4. The van der Waals surface area contributed by atoms with E-state index < -0.39 is 18.5 Å². The maximum atomic E-state index is 12.1. The van der Waals surface area contributed by atoms with Gasteiger partial charge in [-0.3, -0.25) is 4.79 Å². The highest BCUT2D eigenvalue weighted by molar-refractivity contribution is 6.35. The van der Waals surface area contributed by atoms with E-state index in [4.69, 9.17) is 27.9 Å². The van der Waals surface area contributed by atoms with E-state index in [9.17, 15) is 9.59 Å². The number of aryl methyl sites for hydroxylation is 1. The van der Waals surface area contributed by atoms with Crippen LogP contribution in [0.5, 0.6) is 0 Å². The zero-order valence-electron chi connectivity index (χ0n) is 14.4. The van der Waals surface area contributed by atoms with Crippen molar-refractivity contribution in [1.82, 2.24) is 24.9 Å². The lowest BCUT2D eigenvalue weighted by Crippen LogP contribution is -2.31. The lowest BCUT2D eigenvalue weighted by atomic mass is 10.1. The van der Waals surface area contributed by atoms with Crippen molar-refractivity contribution in [3.63, 3.8) is 0 Å². The zero-order chi connectivity index (χ0) is 19.6. The number of halogens is 2. The molecule has 1 aromatic carbocycles. The minimum Gasteiger partial charge on any atom is -0.450 e. The fourth-order valence-electron chi connectivity index (χ4n) is 2.40. The van der Waals surface area contributed by atoms with Gasteiger partial charge in [0.1, 0.15) is 0 Å². The third kappa shape index (κ3) is 4.35. The van der Waals surface area contributed by atoms with E-state index in [0.717, 1.165) is 5.69 Å². The van der Waals surface area contributed by atoms with Crippen LogP contribution < -0.4 is 5.32 Å². The van der Waals surface area contributed by atoms with Crippen LogP contribution in [0.4, 0.5) is 0 Å². The summed E-state index contributed by atoms with van der Waals surface area (Å²) in [5, 5.41) is 7.66. The Morgan fingerprint density at radius 2 is 2.07 bits per heavy atom. The molecule has 0 aliphatic rings. The molecule has 0 aliphatic carbocycles. The van der Waals surface area contributed by atoms with Gasteiger partial charge < -0.3 is 10.1 Å². The van der Waals surface area contributed by atoms with Crippen LogP contribution in [0.3, 0.4) is 0 Å². The summed E-state index contributed by atoms with van der Waals surface area (Å²) in [6.45, 7) is 3.08. The number of esters is 1. The van der Waals surface area contributed by atoms with Gasteiger partial charge in [0, 0.05) is 21.9 Å². The summed E-state index contributed by atoms with van der Waals surface area (Å²) in [5.74, 6) is -1.19. The maximum Gasteiger partial charge on any atom is 0.378 e. The summed E-state index contributed by atoms with van der Waals surface area (Å²) in [7, 11) is 0. The van der Waals surface area contributed by atoms with Crippen LogP contribution in [-0.4, -0.2) is 38.1 Å². The van der Waals surface area contributed by atoms with Gasteiger partial charge in [0.2, 0.25) is 0 Å². The van der Waals surface area contributed by atoms with Crippen LogP contribution in [0.2, 0.25) is 10.0 Å². The molecule has 10 heteroatoms. The first-order chi connectivity index (χ1) is 12.8. The van der Waals surface area contributed by atoms with Gasteiger partial charge in [0.25, 0.3) is 17.5 Å². The molecule has 140 valence electrons. The lowest BCUT2D eigenvalue weighted by molar-refractivity contribution is -0.124. The number of ether oxygens (including phenoxy) is 1. The molecular weight excluding hydrogens is 393 g/mol. The van der Waals surface area contributed by atoms with E-state index in [0.29, 0.717) is 15.6 Å². The molecule has 0 saturated heterocycles. The summed E-state index contributed by atoms with van der Waals surface area (Å²) in [6, 6.07) is 6.33. The Kier molecular flexibility index (Phi) is 5.57. The van der Waals surface area contributed by atoms with Crippen molar-refractivity contribution in [2.24, 2.45) is 0 Å². The SMILES string of the molecule is Cc1ccnc2nc(C(=O)OCC(=O)N[C@H](C)c3ccc(Cl)cc3Cl)nn12. The fraction of sp³-hybridized carbons (Fsp3) is 0.235. The first-order valence-electron chi connectivity index (χ1n) is 7.95. The molecule has 0 saturated carbocycles. The number of hydrogen-bond donors (Lipinski definition) is 1. The van der Waals surface area contributed by atoms with Crippen molar-refractivity contribution in [2.75, 3.05) is 6.61 Å². The van der Waals surface area contributed by atoms with Crippen LogP contribution in [0.1, 0.15) is 34.8 Å². The molecule has 1 amide bonds. The number of benzene rings is 1. The second-order valence-electron chi connectivity index (χ2n) is 5.76. The van der Waals surface area contributed by atoms with Gasteiger partial charge in [0.15, 0.2) is 6.61 Å². The third-order valence-corrected chi connectivity index (χ3v) is 4.32. The largest absolute Gasteiger partial charge is 0.450 e. The van der Waals surface area contributed by atoms with Crippen molar-refractivity contribution in [3.8, 4) is 0 Å². The molecule has 0 spiro atoms. The summed E-state index contributed by atoms with van der Waals surface area (Å²) in [6.07, 6.45) is 1.56. The van der Waals surface area contributed by atoms with Crippen LogP contribution in [0.25, 0.3) is 5.78 Å². The summed E-state index contributed by atoms with van der Waals surface area (Å²) in [5.41, 5.74) is 1.46. The Morgan fingerprint density at radius 1 is 1.30 bits per heavy atom. The molecule has 0 fully saturated rings. The topological polar surface area (TPSA) is 98.5 Å². The van der Waals surface area contributed by atoms with E-state index in [1.807, 2.05) is 0 Å². The fourth-order valence-corrected chi connectivity index (χ4v) is 2.97. The van der Waals surface area contributed by atoms with E-state index in [-0.39, 0.29) is 17.6 Å². The average Bonchev–Trinajstić information content (AvgIpc) is 3.05. The average molecular weight is 408 g/mol. The lowest BCUT2D eigenvalue weighted by Gasteiger charge is -2.15. The molecule has 1 atom stereocenters. The van der Waals surface area contributed by atoms with Crippen molar-refractivity contribution in [1.29, 1.82) is 0 Å². The summed E-state index contributed by atoms with van der Waals surface area (Å²) >= 11 is 12.0. The summed E-state index contributed by atoms with van der Waals surface area (Å²) < 4.78 is 6.39. The normalized spacial score (nSPS) is 12.0. The van der Waals surface area contributed by atoms with Crippen molar-refractivity contribution >= 4 is 40.9 Å². The molecule has 0 bridgehead atoms. The number of hydrogen-bond acceptors (Lipinski definition) is 6. The van der Waals surface area contributed by atoms with Crippen molar-refractivity contribution in [3.05, 3.63) is 57.6 Å². The molecule has 2 heterocycles. The minimum absolute atomic E-state index is 0.168. The number of aromatic nitrogens is 4. The molecule has 2 aromatic heterocycles. The predicted molar refractivity (Wildman–Crippen MR) is 98.8 cm³/mol. The first kappa shape index (κ1) is 19.1. The Bertz CT molecular complexity index is 1020. The number of carbonyl (C=O) groups is 2. The van der Waals surface area contributed by atoms with Crippen molar-refractivity contribution in [2.45, 2.75) is 19.9 Å². The Hall–Kier alpha value is -2.71. The van der Waals surface area contributed by atoms with E-state index in [1.165, 1.54) is 4.52 Å². The smallest absolute Gasteiger partial charge is 0.378 e. The van der Waals surface area contributed by atoms with E-state index >= 15 is 0 Å². The van der Waals surface area contributed by atoms with Gasteiger partial charge in [-0.1, -0.05) is 29.3 Å². The summed E-state index contributed by atoms with van der Waals surface area (Å²) in [4.78, 5) is 32.1. The standard InChI is InChI=1S/C17H15Cl2N5O3/c1-9-5-6-20-17-22-15(23-24(9)17)16(26)27-8-14(25)21-10(2)12-4-3-11(18)7-13(12)19/h3-7,10H,8H2,1-2H3,(H,21,25)/t10-/m1/s1. The third-order valence-electron chi connectivity index (χ3n) is 3.75. The van der Waals surface area contributed by atoms with Gasteiger partial charge in [-0.2, -0.15) is 4.98 Å². The molecule has 0 radical (unpaired) electrons. The second kappa shape index (κ2) is 7.89. The van der Waals surface area contributed by atoms with Crippen LogP contribution >= 0.6 is 23.2 Å². The highest BCUT2D eigenvalue weighted by Gasteiger charge is 2.19. The number of rotatable bonds is 5. The number of nitrogens with one attached hydrogen (secondary N) is 1. The molecule has 1 N–H and O–H groups in total. The molecule has 3 aromatic rings. The number of fused-ring (bicyclic) bond motifs is 1. The van der Waals surface area contributed by atoms with Crippen LogP contribution in [-0.2, 0) is 9.53 Å². The van der Waals surface area contributed by atoms with Crippen LogP contribution in [0, 0.1) is 6.92 Å². The molecular formula is C17H15Cl2N5O3. The predicted octanol–water partition coefficient (Wildman–Crippen LogP) is 2.77. The first-order valence-corrected chi connectivity index (χ1v) is 8.70. The minimum atomic E-state index is -0.813. The highest BCUT2D eigenvalue weighted by atomic mass is 35.5. The monoisotopic (exact) mass is 407 g/mol. The highest BCUT2D eigenvalue weighted by Crippen LogP contribution is 2.25. The molecule has 8 nitrogen and oxygen atoms in total. The number of carbonyl (C=O) groups excluding carboxylic acids is 2. The Morgan fingerprint density at radius 3 is 2.78 bits per heavy atom. The zero-order valence-corrected chi connectivity index (χ0v) is 16.0. The van der Waals surface area contributed by atoms with Crippen LogP contribution in [0.15, 0.2) is 30.5 Å². The van der Waals surface area contributed by atoms with Gasteiger partial charge in [-0.25, -0.2) is 14.3 Å². The van der Waals surface area contributed by atoms with Gasteiger partial charge >= 0.3 is 5.97 Å². The van der Waals surface area contributed by atoms with Gasteiger partial charge in [-0.15, -0.1) is 5.10 Å². The maximum absolute atomic E-state index is 12.1. The number of amides is 1. The van der Waals surface area contributed by atoms with Gasteiger partial charge in [0.05, 0.1) is 6.04 Å². The second-order valence-corrected chi connectivity index (χ2v) is 6.61.